The molecule has 3 atom stereocenters. The van der Waals surface area contributed by atoms with Gasteiger partial charge >= 0.3 is 19.8 Å². The van der Waals surface area contributed by atoms with Gasteiger partial charge in [-0.05, 0) is 70.6 Å². The first-order chi connectivity index (χ1) is 27.4. The van der Waals surface area contributed by atoms with Crippen LogP contribution in [0.1, 0.15) is 149 Å². The summed E-state index contributed by atoms with van der Waals surface area (Å²) >= 11 is 0. The quantitative estimate of drug-likeness (QED) is 0.0156. The fraction of sp³-hybridized carbons (Fsp3) is 0.696. The number of phosphoric ester groups is 1. The third-order valence-corrected chi connectivity index (χ3v) is 9.81. The van der Waals surface area contributed by atoms with Crippen molar-refractivity contribution in [2.24, 2.45) is 0 Å². The van der Waals surface area contributed by atoms with Gasteiger partial charge in [-0.15, -0.1) is 0 Å². The number of phosphoric acid groups is 1. The van der Waals surface area contributed by atoms with Crippen LogP contribution in [0.3, 0.4) is 0 Å². The van der Waals surface area contributed by atoms with Crippen molar-refractivity contribution >= 4 is 19.8 Å². The van der Waals surface area contributed by atoms with Gasteiger partial charge in [-0.2, -0.15) is 0 Å². The molecule has 0 heterocycles. The molecule has 0 spiro atoms. The number of ether oxygens (including phenoxy) is 2. The number of unbranched alkanes of at least 4 members (excludes halogenated alkanes) is 11. The number of aliphatic hydroxyl groups is 1. The average molecular weight is 823 g/mol. The Morgan fingerprint density at radius 2 is 1.21 bits per heavy atom. The molecule has 0 bridgehead atoms. The maximum atomic E-state index is 12.7. The molecule has 0 amide bonds. The summed E-state index contributed by atoms with van der Waals surface area (Å²) in [4.78, 5) is 35.4. The molecular weight excluding hydrogens is 741 g/mol. The second-order valence-corrected chi connectivity index (χ2v) is 17.0. The van der Waals surface area contributed by atoms with Crippen LogP contribution in [0.5, 0.6) is 0 Å². The summed E-state index contributed by atoms with van der Waals surface area (Å²) in [6.45, 7) is 4.04. The van der Waals surface area contributed by atoms with Crippen LogP contribution in [-0.2, 0) is 32.7 Å². The highest BCUT2D eigenvalue weighted by atomic mass is 31.2. The minimum Gasteiger partial charge on any atom is -0.462 e. The number of hydrogen-bond donors (Lipinski definition) is 2. The molecule has 0 fully saturated rings. The third kappa shape index (κ3) is 41.4. The van der Waals surface area contributed by atoms with E-state index in [2.05, 4.69) is 62.5 Å². The molecule has 0 aliphatic carbocycles. The minimum absolute atomic E-state index is 0.00498. The van der Waals surface area contributed by atoms with Crippen molar-refractivity contribution in [2.45, 2.75) is 161 Å². The van der Waals surface area contributed by atoms with E-state index in [0.717, 1.165) is 57.8 Å². The van der Waals surface area contributed by atoms with Gasteiger partial charge in [0.25, 0.3) is 0 Å². The molecule has 0 rings (SSSR count). The van der Waals surface area contributed by atoms with Gasteiger partial charge in [0, 0.05) is 12.8 Å². The number of nitrogens with zero attached hydrogens (tertiary/aromatic N) is 1. The van der Waals surface area contributed by atoms with Crippen molar-refractivity contribution in [3.05, 3.63) is 72.9 Å². The van der Waals surface area contributed by atoms with E-state index >= 15 is 0 Å². The van der Waals surface area contributed by atoms with Crippen LogP contribution in [0.15, 0.2) is 72.9 Å². The van der Waals surface area contributed by atoms with Crippen molar-refractivity contribution < 1.29 is 47.2 Å². The first-order valence-corrected chi connectivity index (χ1v) is 23.3. The predicted molar refractivity (Wildman–Crippen MR) is 235 cm³/mol. The predicted octanol–water partition coefficient (Wildman–Crippen LogP) is 11.2. The summed E-state index contributed by atoms with van der Waals surface area (Å²) in [5.41, 5.74) is 0. The zero-order chi connectivity index (χ0) is 42.3. The lowest BCUT2D eigenvalue weighted by Crippen LogP contribution is -2.37. The van der Waals surface area contributed by atoms with Crippen molar-refractivity contribution in [2.75, 3.05) is 47.5 Å². The number of allylic oxidation sites excluding steroid dienone is 11. The van der Waals surface area contributed by atoms with Crippen LogP contribution in [0.4, 0.5) is 0 Å². The van der Waals surface area contributed by atoms with Gasteiger partial charge in [-0.1, -0.05) is 138 Å². The number of carbonyl (C=O) groups is 2. The van der Waals surface area contributed by atoms with Crippen molar-refractivity contribution in [3.63, 3.8) is 0 Å². The Kier molecular flexibility index (Phi) is 36.0. The van der Waals surface area contributed by atoms with E-state index in [1.807, 2.05) is 33.3 Å². The number of likely N-dealkylation sites (N-methyl/N-ethyl adjacent to an activating group) is 1. The molecular formula is C46H81NO9P+. The molecule has 0 aromatic rings. The van der Waals surface area contributed by atoms with E-state index < -0.39 is 38.6 Å². The van der Waals surface area contributed by atoms with Crippen LogP contribution < -0.4 is 0 Å². The summed E-state index contributed by atoms with van der Waals surface area (Å²) in [6, 6.07) is 0. The van der Waals surface area contributed by atoms with Crippen molar-refractivity contribution in [1.82, 2.24) is 0 Å². The van der Waals surface area contributed by atoms with Gasteiger partial charge in [-0.3, -0.25) is 18.6 Å². The fourth-order valence-corrected chi connectivity index (χ4v) is 6.13. The van der Waals surface area contributed by atoms with E-state index in [9.17, 15) is 24.2 Å². The number of quaternary nitrogens is 1. The summed E-state index contributed by atoms with van der Waals surface area (Å²) in [5, 5.41) is 10.3. The molecule has 10 nitrogen and oxygen atoms in total. The number of hydrogen-bond acceptors (Lipinski definition) is 8. The van der Waals surface area contributed by atoms with Crippen LogP contribution in [0, 0.1) is 0 Å². The maximum absolute atomic E-state index is 12.7. The Hall–Kier alpha value is -2.59. The summed E-state index contributed by atoms with van der Waals surface area (Å²) in [6.07, 6.45) is 42.7. The SMILES string of the molecule is CC/C=C\C/C=C\C/C=C\C/C=C\C=C\C(O)CCCC(=O)O[C@H](COC(=O)CCCCCCC/C=C\CCCCCCCC)COP(=O)(O)OCC[N+](C)(C)C. The van der Waals surface area contributed by atoms with Gasteiger partial charge in [0.15, 0.2) is 6.10 Å². The number of aliphatic hydroxyl groups excluding tert-OH is 1. The highest BCUT2D eigenvalue weighted by molar-refractivity contribution is 7.47. The topological polar surface area (TPSA) is 129 Å². The zero-order valence-corrected chi connectivity index (χ0v) is 37.3. The molecule has 0 saturated carbocycles. The molecule has 0 aromatic carbocycles. The van der Waals surface area contributed by atoms with Gasteiger partial charge < -0.3 is 24.0 Å². The molecule has 57 heavy (non-hydrogen) atoms. The van der Waals surface area contributed by atoms with Crippen LogP contribution >= 0.6 is 7.82 Å². The Morgan fingerprint density at radius 3 is 1.82 bits per heavy atom. The lowest BCUT2D eigenvalue weighted by Gasteiger charge is -2.24. The van der Waals surface area contributed by atoms with Crippen molar-refractivity contribution in [1.29, 1.82) is 0 Å². The van der Waals surface area contributed by atoms with Gasteiger partial charge in [0.05, 0.1) is 33.9 Å². The normalized spacial score (nSPS) is 14.9. The van der Waals surface area contributed by atoms with E-state index in [1.54, 1.807) is 12.2 Å². The highest BCUT2D eigenvalue weighted by Crippen LogP contribution is 2.43. The molecule has 11 heteroatoms. The van der Waals surface area contributed by atoms with Gasteiger partial charge in [0.1, 0.15) is 19.8 Å². The Bertz CT molecular complexity index is 1220. The van der Waals surface area contributed by atoms with Crippen LogP contribution in [-0.4, -0.2) is 86.1 Å². The lowest BCUT2D eigenvalue weighted by molar-refractivity contribution is -0.870. The maximum Gasteiger partial charge on any atom is 0.472 e. The summed E-state index contributed by atoms with van der Waals surface area (Å²) < 4.78 is 34.1. The number of carbonyl (C=O) groups excluding carboxylic acids is 2. The lowest BCUT2D eigenvalue weighted by atomic mass is 10.1. The molecule has 2 unspecified atom stereocenters. The van der Waals surface area contributed by atoms with E-state index in [-0.39, 0.29) is 26.1 Å². The number of rotatable bonds is 38. The molecule has 328 valence electrons. The second-order valence-electron chi connectivity index (χ2n) is 15.5. The molecule has 0 saturated heterocycles. The zero-order valence-electron chi connectivity index (χ0n) is 36.4. The second kappa shape index (κ2) is 37.7. The van der Waals surface area contributed by atoms with E-state index in [0.29, 0.717) is 30.3 Å². The van der Waals surface area contributed by atoms with Crippen molar-refractivity contribution in [3.8, 4) is 0 Å². The standard InChI is InChI=1S/C46H80NO9P/c1-6-8-10-12-14-16-18-20-21-23-25-27-29-31-33-37-45(49)53-41-44(42-55-57(51,52)54-40-39-47(3,4)5)56-46(50)38-34-36-43(48)35-32-30-28-26-24-22-19-17-15-13-11-9-7-2/h9,11,15,17,20-22,24,28,30,32,35,43-44,48H,6-8,10,12-14,16,18-19,23,25-27,29,31,33-34,36-42H2,1-5H3/p+1/b11-9-,17-15-,21-20-,24-22-,30-28-,35-32+/t43?,44-/m1/s1. The minimum atomic E-state index is -4.43. The molecule has 2 N–H and O–H groups in total. The summed E-state index contributed by atoms with van der Waals surface area (Å²) in [7, 11) is 1.34. The average Bonchev–Trinajstić information content (AvgIpc) is 3.15. The molecule has 0 aliphatic rings. The largest absolute Gasteiger partial charge is 0.472 e. The first kappa shape index (κ1) is 54.4. The molecule has 0 aliphatic heterocycles. The Labute approximate surface area is 347 Å². The molecule has 0 aromatic heterocycles. The van der Waals surface area contributed by atoms with Gasteiger partial charge in [-0.25, -0.2) is 4.57 Å². The van der Waals surface area contributed by atoms with E-state index in [1.165, 1.54) is 44.9 Å². The number of esters is 2. The Morgan fingerprint density at radius 1 is 0.649 bits per heavy atom. The monoisotopic (exact) mass is 823 g/mol. The summed E-state index contributed by atoms with van der Waals surface area (Å²) in [5.74, 6) is -1.02. The van der Waals surface area contributed by atoms with Crippen LogP contribution in [0.2, 0.25) is 0 Å². The highest BCUT2D eigenvalue weighted by Gasteiger charge is 2.27. The Balaban J connectivity index is 4.60. The smallest absolute Gasteiger partial charge is 0.462 e. The fourth-order valence-electron chi connectivity index (χ4n) is 5.39. The first-order valence-electron chi connectivity index (χ1n) is 21.8. The molecule has 0 radical (unpaired) electrons. The van der Waals surface area contributed by atoms with Gasteiger partial charge in [0.2, 0.25) is 0 Å². The third-order valence-electron chi connectivity index (χ3n) is 8.82. The van der Waals surface area contributed by atoms with E-state index in [4.69, 9.17) is 18.5 Å². The van der Waals surface area contributed by atoms with Crippen LogP contribution in [0.25, 0.3) is 0 Å².